The van der Waals surface area contributed by atoms with E-state index in [-0.39, 0.29) is 6.04 Å². The molecule has 0 spiro atoms. The molecule has 106 valence electrons. The van der Waals surface area contributed by atoms with Crippen LogP contribution in [0.4, 0.5) is 0 Å². The van der Waals surface area contributed by atoms with Gasteiger partial charge in [-0.3, -0.25) is 0 Å². The Balaban J connectivity index is 1.88. The lowest BCUT2D eigenvalue weighted by molar-refractivity contribution is 0.324. The van der Waals surface area contributed by atoms with Crippen molar-refractivity contribution in [2.24, 2.45) is 11.7 Å². The number of aryl methyl sites for hydroxylation is 1. The van der Waals surface area contributed by atoms with Gasteiger partial charge in [0.2, 0.25) is 0 Å². The van der Waals surface area contributed by atoms with Crippen molar-refractivity contribution < 1.29 is 4.74 Å². The highest BCUT2D eigenvalue weighted by Gasteiger charge is 2.15. The SMILES string of the molecule is COc1ccc(C(N)CCC2CCCCC2)cc1C. The minimum absolute atomic E-state index is 0.173. The minimum atomic E-state index is 0.173. The molecule has 1 aromatic carbocycles. The molecule has 2 N–H and O–H groups in total. The van der Waals surface area contributed by atoms with Crippen LogP contribution in [0.1, 0.15) is 62.1 Å². The smallest absolute Gasteiger partial charge is 0.121 e. The summed E-state index contributed by atoms with van der Waals surface area (Å²) in [4.78, 5) is 0. The molecule has 1 aliphatic carbocycles. The minimum Gasteiger partial charge on any atom is -0.496 e. The van der Waals surface area contributed by atoms with Crippen LogP contribution in [0.3, 0.4) is 0 Å². The van der Waals surface area contributed by atoms with Crippen LogP contribution in [-0.4, -0.2) is 7.11 Å². The molecule has 1 aliphatic rings. The van der Waals surface area contributed by atoms with E-state index >= 15 is 0 Å². The van der Waals surface area contributed by atoms with Gasteiger partial charge in [0.25, 0.3) is 0 Å². The Labute approximate surface area is 117 Å². The number of ether oxygens (including phenoxy) is 1. The number of benzene rings is 1. The highest BCUT2D eigenvalue weighted by molar-refractivity contribution is 5.37. The van der Waals surface area contributed by atoms with Crippen molar-refractivity contribution in [2.75, 3.05) is 7.11 Å². The Morgan fingerprint density at radius 2 is 2.00 bits per heavy atom. The van der Waals surface area contributed by atoms with E-state index in [1.165, 1.54) is 49.7 Å². The highest BCUT2D eigenvalue weighted by Crippen LogP contribution is 2.30. The predicted molar refractivity (Wildman–Crippen MR) is 80.5 cm³/mol. The summed E-state index contributed by atoms with van der Waals surface area (Å²) in [7, 11) is 1.71. The fourth-order valence-corrected chi connectivity index (χ4v) is 3.19. The van der Waals surface area contributed by atoms with Crippen LogP contribution in [0, 0.1) is 12.8 Å². The van der Waals surface area contributed by atoms with Gasteiger partial charge >= 0.3 is 0 Å². The summed E-state index contributed by atoms with van der Waals surface area (Å²) in [6.07, 6.45) is 9.48. The zero-order chi connectivity index (χ0) is 13.7. The number of methoxy groups -OCH3 is 1. The van der Waals surface area contributed by atoms with Crippen LogP contribution in [0.2, 0.25) is 0 Å². The van der Waals surface area contributed by atoms with Crippen LogP contribution < -0.4 is 10.5 Å². The molecule has 0 amide bonds. The quantitative estimate of drug-likeness (QED) is 0.854. The first-order valence-electron chi connectivity index (χ1n) is 7.61. The summed E-state index contributed by atoms with van der Waals surface area (Å²) >= 11 is 0. The van der Waals surface area contributed by atoms with E-state index in [9.17, 15) is 0 Å². The molecule has 0 bridgehead atoms. The maximum Gasteiger partial charge on any atom is 0.121 e. The number of nitrogens with two attached hydrogens (primary N) is 1. The summed E-state index contributed by atoms with van der Waals surface area (Å²) in [6, 6.07) is 6.49. The molecule has 0 saturated heterocycles. The van der Waals surface area contributed by atoms with Gasteiger partial charge in [0.1, 0.15) is 5.75 Å². The lowest BCUT2D eigenvalue weighted by Gasteiger charge is -2.23. The standard InChI is InChI=1S/C17H27NO/c1-13-12-15(9-11-17(13)19-2)16(18)10-8-14-6-4-3-5-7-14/h9,11-12,14,16H,3-8,10,18H2,1-2H3. The van der Waals surface area contributed by atoms with Crippen molar-refractivity contribution in [1.29, 1.82) is 0 Å². The Kier molecular flexibility index (Phi) is 5.26. The predicted octanol–water partition coefficient (Wildman–Crippen LogP) is 4.36. The van der Waals surface area contributed by atoms with Crippen molar-refractivity contribution in [3.8, 4) is 5.75 Å². The zero-order valence-corrected chi connectivity index (χ0v) is 12.3. The Morgan fingerprint density at radius 3 is 2.63 bits per heavy atom. The normalized spacial score (nSPS) is 18.3. The van der Waals surface area contributed by atoms with Crippen molar-refractivity contribution in [3.05, 3.63) is 29.3 Å². The molecule has 19 heavy (non-hydrogen) atoms. The summed E-state index contributed by atoms with van der Waals surface area (Å²) in [5.41, 5.74) is 8.75. The van der Waals surface area contributed by atoms with Gasteiger partial charge in [0.15, 0.2) is 0 Å². The molecule has 2 nitrogen and oxygen atoms in total. The average molecular weight is 261 g/mol. The van der Waals surface area contributed by atoms with Gasteiger partial charge in [-0.05, 0) is 42.9 Å². The molecule has 1 fully saturated rings. The number of rotatable bonds is 5. The first-order chi connectivity index (χ1) is 9.20. The number of hydrogen-bond donors (Lipinski definition) is 1. The Bertz CT molecular complexity index is 396. The van der Waals surface area contributed by atoms with E-state index in [4.69, 9.17) is 10.5 Å². The molecule has 1 unspecified atom stereocenters. The topological polar surface area (TPSA) is 35.2 Å². The molecule has 0 aromatic heterocycles. The summed E-state index contributed by atoms with van der Waals surface area (Å²) < 4.78 is 5.29. The Hall–Kier alpha value is -1.02. The van der Waals surface area contributed by atoms with Crippen molar-refractivity contribution in [1.82, 2.24) is 0 Å². The molecule has 2 heteroatoms. The summed E-state index contributed by atoms with van der Waals surface area (Å²) in [6.45, 7) is 2.08. The third-order valence-corrected chi connectivity index (χ3v) is 4.46. The largest absolute Gasteiger partial charge is 0.496 e. The van der Waals surface area contributed by atoms with Crippen molar-refractivity contribution in [2.45, 2.75) is 57.9 Å². The molecule has 2 rings (SSSR count). The third-order valence-electron chi connectivity index (χ3n) is 4.46. The summed E-state index contributed by atoms with van der Waals surface area (Å²) in [5, 5.41) is 0. The van der Waals surface area contributed by atoms with E-state index in [0.29, 0.717) is 0 Å². The highest BCUT2D eigenvalue weighted by atomic mass is 16.5. The third kappa shape index (κ3) is 3.97. The molecule has 1 saturated carbocycles. The lowest BCUT2D eigenvalue weighted by atomic mass is 9.84. The molecule has 0 aliphatic heterocycles. The Morgan fingerprint density at radius 1 is 1.26 bits per heavy atom. The zero-order valence-electron chi connectivity index (χ0n) is 12.3. The molecule has 0 heterocycles. The van der Waals surface area contributed by atoms with Crippen LogP contribution >= 0.6 is 0 Å². The van der Waals surface area contributed by atoms with Gasteiger partial charge < -0.3 is 10.5 Å². The molecule has 1 atom stereocenters. The van der Waals surface area contributed by atoms with Gasteiger partial charge in [-0.2, -0.15) is 0 Å². The molecule has 0 radical (unpaired) electrons. The first-order valence-corrected chi connectivity index (χ1v) is 7.61. The maximum absolute atomic E-state index is 6.33. The second kappa shape index (κ2) is 6.95. The van der Waals surface area contributed by atoms with Gasteiger partial charge in [0.05, 0.1) is 7.11 Å². The van der Waals surface area contributed by atoms with Gasteiger partial charge in [-0.1, -0.05) is 44.2 Å². The van der Waals surface area contributed by atoms with Crippen molar-refractivity contribution >= 4 is 0 Å². The van der Waals surface area contributed by atoms with Gasteiger partial charge in [-0.25, -0.2) is 0 Å². The van der Waals surface area contributed by atoms with E-state index in [0.717, 1.165) is 18.1 Å². The fourth-order valence-electron chi connectivity index (χ4n) is 3.19. The maximum atomic E-state index is 6.33. The molecule has 1 aromatic rings. The van der Waals surface area contributed by atoms with Crippen LogP contribution in [0.15, 0.2) is 18.2 Å². The average Bonchev–Trinajstić information content (AvgIpc) is 2.45. The monoisotopic (exact) mass is 261 g/mol. The van der Waals surface area contributed by atoms with E-state index in [2.05, 4.69) is 19.1 Å². The van der Waals surface area contributed by atoms with E-state index in [1.807, 2.05) is 6.07 Å². The van der Waals surface area contributed by atoms with E-state index in [1.54, 1.807) is 7.11 Å². The van der Waals surface area contributed by atoms with Gasteiger partial charge in [-0.15, -0.1) is 0 Å². The first kappa shape index (κ1) is 14.4. The van der Waals surface area contributed by atoms with Crippen LogP contribution in [0.5, 0.6) is 5.75 Å². The molecular formula is C17H27NO. The number of hydrogen-bond acceptors (Lipinski definition) is 2. The fraction of sp³-hybridized carbons (Fsp3) is 0.647. The molecular weight excluding hydrogens is 234 g/mol. The van der Waals surface area contributed by atoms with Gasteiger partial charge in [0, 0.05) is 6.04 Å². The van der Waals surface area contributed by atoms with E-state index < -0.39 is 0 Å². The summed E-state index contributed by atoms with van der Waals surface area (Å²) in [5.74, 6) is 1.86. The second-order valence-electron chi connectivity index (χ2n) is 5.92. The van der Waals surface area contributed by atoms with Crippen molar-refractivity contribution in [3.63, 3.8) is 0 Å². The second-order valence-corrected chi connectivity index (χ2v) is 5.92. The van der Waals surface area contributed by atoms with Crippen LogP contribution in [-0.2, 0) is 0 Å². The van der Waals surface area contributed by atoms with Crippen LogP contribution in [0.25, 0.3) is 0 Å². The lowest BCUT2D eigenvalue weighted by Crippen LogP contribution is -2.14.